The van der Waals surface area contributed by atoms with E-state index in [1.54, 1.807) is 13.0 Å². The molecule has 1 aromatic carbocycles. The van der Waals surface area contributed by atoms with Gasteiger partial charge in [-0.15, -0.1) is 0 Å². The number of anilines is 1. The molecular formula is C15H16N2O3. The fraction of sp³-hybridized carbons (Fsp3) is 0.200. The molecule has 104 valence electrons. The Bertz CT molecular complexity index is 617. The van der Waals surface area contributed by atoms with Gasteiger partial charge < -0.3 is 15.4 Å². The first-order valence-corrected chi connectivity index (χ1v) is 6.33. The number of aromatic nitrogens is 1. The zero-order valence-corrected chi connectivity index (χ0v) is 11.1. The average Bonchev–Trinajstić information content (AvgIpc) is 2.79. The van der Waals surface area contributed by atoms with E-state index >= 15 is 0 Å². The van der Waals surface area contributed by atoms with Crippen molar-refractivity contribution in [1.82, 2.24) is 4.98 Å². The van der Waals surface area contributed by atoms with Crippen LogP contribution in [0, 0.1) is 6.92 Å². The SMILES string of the molecule is Cc1cc(NC(=O)CCc2ccccc2)c(C(=O)O)[nH]1. The molecule has 0 saturated carbocycles. The van der Waals surface area contributed by atoms with Crippen molar-refractivity contribution in [1.29, 1.82) is 0 Å². The van der Waals surface area contributed by atoms with Crippen molar-refractivity contribution in [2.75, 3.05) is 5.32 Å². The number of benzene rings is 1. The van der Waals surface area contributed by atoms with Crippen LogP contribution in [-0.2, 0) is 11.2 Å². The number of nitrogens with one attached hydrogen (secondary N) is 2. The summed E-state index contributed by atoms with van der Waals surface area (Å²) in [6, 6.07) is 11.3. The number of carbonyl (C=O) groups is 2. The maximum absolute atomic E-state index is 11.9. The minimum Gasteiger partial charge on any atom is -0.477 e. The van der Waals surface area contributed by atoms with Gasteiger partial charge in [0.15, 0.2) is 0 Å². The van der Waals surface area contributed by atoms with Crippen molar-refractivity contribution < 1.29 is 14.7 Å². The lowest BCUT2D eigenvalue weighted by atomic mass is 10.1. The third-order valence-electron chi connectivity index (χ3n) is 2.92. The molecule has 2 aromatic rings. The number of hydrogen-bond donors (Lipinski definition) is 3. The largest absolute Gasteiger partial charge is 0.477 e. The number of amides is 1. The summed E-state index contributed by atoms with van der Waals surface area (Å²) in [4.78, 5) is 25.6. The van der Waals surface area contributed by atoms with Gasteiger partial charge in [-0.25, -0.2) is 4.79 Å². The molecular weight excluding hydrogens is 256 g/mol. The first-order valence-electron chi connectivity index (χ1n) is 6.33. The number of rotatable bonds is 5. The summed E-state index contributed by atoms with van der Waals surface area (Å²) in [6.45, 7) is 1.74. The summed E-state index contributed by atoms with van der Waals surface area (Å²) in [7, 11) is 0. The number of carboxylic acid groups (broad SMARTS) is 1. The highest BCUT2D eigenvalue weighted by Crippen LogP contribution is 2.17. The highest BCUT2D eigenvalue weighted by molar-refractivity contribution is 5.99. The molecule has 0 radical (unpaired) electrons. The first kappa shape index (κ1) is 13.9. The Morgan fingerprint density at radius 1 is 1.25 bits per heavy atom. The van der Waals surface area contributed by atoms with E-state index in [1.807, 2.05) is 30.3 Å². The van der Waals surface area contributed by atoms with Crippen LogP contribution in [-0.4, -0.2) is 22.0 Å². The minimum absolute atomic E-state index is 0.00978. The molecule has 0 saturated heterocycles. The quantitative estimate of drug-likeness (QED) is 0.782. The van der Waals surface area contributed by atoms with Crippen molar-refractivity contribution in [3.05, 3.63) is 53.3 Å². The third-order valence-corrected chi connectivity index (χ3v) is 2.92. The van der Waals surface area contributed by atoms with E-state index < -0.39 is 5.97 Å². The summed E-state index contributed by atoms with van der Waals surface area (Å²) in [6.07, 6.45) is 0.936. The Morgan fingerprint density at radius 3 is 2.60 bits per heavy atom. The van der Waals surface area contributed by atoms with Crippen LogP contribution in [0.3, 0.4) is 0 Å². The summed E-state index contributed by atoms with van der Waals surface area (Å²) in [5.74, 6) is -1.29. The van der Waals surface area contributed by atoms with Gasteiger partial charge in [-0.3, -0.25) is 4.79 Å². The normalized spacial score (nSPS) is 10.2. The van der Waals surface area contributed by atoms with Gasteiger partial charge in [0.25, 0.3) is 0 Å². The van der Waals surface area contributed by atoms with E-state index in [9.17, 15) is 9.59 Å². The minimum atomic E-state index is -1.09. The molecule has 1 amide bonds. The van der Waals surface area contributed by atoms with E-state index in [0.29, 0.717) is 24.2 Å². The second-order valence-corrected chi connectivity index (χ2v) is 4.58. The Labute approximate surface area is 116 Å². The molecule has 1 aromatic heterocycles. The Kier molecular flexibility index (Phi) is 4.20. The van der Waals surface area contributed by atoms with Gasteiger partial charge in [0.2, 0.25) is 5.91 Å². The molecule has 5 nitrogen and oxygen atoms in total. The second-order valence-electron chi connectivity index (χ2n) is 4.58. The van der Waals surface area contributed by atoms with Crippen LogP contribution in [0.15, 0.2) is 36.4 Å². The molecule has 1 heterocycles. The zero-order chi connectivity index (χ0) is 14.5. The predicted molar refractivity (Wildman–Crippen MR) is 75.9 cm³/mol. The van der Waals surface area contributed by atoms with E-state index in [4.69, 9.17) is 5.11 Å². The average molecular weight is 272 g/mol. The van der Waals surface area contributed by atoms with Crippen molar-refractivity contribution in [3.63, 3.8) is 0 Å². The maximum Gasteiger partial charge on any atom is 0.354 e. The molecule has 0 bridgehead atoms. The lowest BCUT2D eigenvalue weighted by Crippen LogP contribution is -2.14. The number of aryl methyl sites for hydroxylation is 2. The molecule has 2 rings (SSSR count). The molecule has 20 heavy (non-hydrogen) atoms. The van der Waals surface area contributed by atoms with Crippen LogP contribution in [0.2, 0.25) is 0 Å². The maximum atomic E-state index is 11.9. The molecule has 0 unspecified atom stereocenters. The summed E-state index contributed by atoms with van der Waals surface area (Å²) < 4.78 is 0. The fourth-order valence-electron chi connectivity index (χ4n) is 1.97. The van der Waals surface area contributed by atoms with Gasteiger partial charge in [0.05, 0.1) is 5.69 Å². The summed E-state index contributed by atoms with van der Waals surface area (Å²) in [5.41, 5.74) is 2.09. The Morgan fingerprint density at radius 2 is 1.95 bits per heavy atom. The molecule has 3 N–H and O–H groups in total. The number of carbonyl (C=O) groups excluding carboxylic acids is 1. The van der Waals surface area contributed by atoms with Crippen LogP contribution in [0.1, 0.15) is 28.2 Å². The lowest BCUT2D eigenvalue weighted by molar-refractivity contribution is -0.116. The van der Waals surface area contributed by atoms with E-state index in [1.165, 1.54) is 0 Å². The zero-order valence-electron chi connectivity index (χ0n) is 11.1. The number of aromatic amines is 1. The number of carboxylic acids is 1. The number of aromatic carboxylic acids is 1. The lowest BCUT2D eigenvalue weighted by Gasteiger charge is -2.04. The molecule has 0 aliphatic rings. The highest BCUT2D eigenvalue weighted by Gasteiger charge is 2.15. The summed E-state index contributed by atoms with van der Waals surface area (Å²) in [5, 5.41) is 11.6. The third kappa shape index (κ3) is 3.47. The van der Waals surface area contributed by atoms with Crippen molar-refractivity contribution >= 4 is 17.6 Å². The Hall–Kier alpha value is -2.56. The van der Waals surface area contributed by atoms with Gasteiger partial charge in [-0.2, -0.15) is 0 Å². The van der Waals surface area contributed by atoms with Crippen molar-refractivity contribution in [3.8, 4) is 0 Å². The van der Waals surface area contributed by atoms with Crippen LogP contribution >= 0.6 is 0 Å². The van der Waals surface area contributed by atoms with E-state index in [-0.39, 0.29) is 11.6 Å². The molecule has 0 atom stereocenters. The first-order chi connectivity index (χ1) is 9.56. The van der Waals surface area contributed by atoms with Gasteiger partial charge in [-0.05, 0) is 25.0 Å². The van der Waals surface area contributed by atoms with Crippen LogP contribution in [0.5, 0.6) is 0 Å². The molecule has 0 aliphatic heterocycles. The van der Waals surface area contributed by atoms with Gasteiger partial charge in [-0.1, -0.05) is 30.3 Å². The van der Waals surface area contributed by atoms with E-state index in [2.05, 4.69) is 10.3 Å². The monoisotopic (exact) mass is 272 g/mol. The van der Waals surface area contributed by atoms with Crippen molar-refractivity contribution in [2.24, 2.45) is 0 Å². The molecule has 0 fully saturated rings. The van der Waals surface area contributed by atoms with Crippen LogP contribution in [0.4, 0.5) is 5.69 Å². The van der Waals surface area contributed by atoms with Crippen LogP contribution < -0.4 is 5.32 Å². The Balaban J connectivity index is 1.96. The van der Waals surface area contributed by atoms with Crippen molar-refractivity contribution in [2.45, 2.75) is 19.8 Å². The standard InChI is InChI=1S/C15H16N2O3/c1-10-9-12(14(16-10)15(19)20)17-13(18)8-7-11-5-3-2-4-6-11/h2-6,9,16H,7-8H2,1H3,(H,17,18)(H,19,20). The molecule has 0 spiro atoms. The number of H-pyrrole nitrogens is 1. The van der Waals surface area contributed by atoms with Gasteiger partial charge >= 0.3 is 5.97 Å². The fourth-order valence-corrected chi connectivity index (χ4v) is 1.97. The highest BCUT2D eigenvalue weighted by atomic mass is 16.4. The van der Waals surface area contributed by atoms with Crippen LogP contribution in [0.25, 0.3) is 0 Å². The second kappa shape index (κ2) is 6.06. The summed E-state index contributed by atoms with van der Waals surface area (Å²) >= 11 is 0. The smallest absolute Gasteiger partial charge is 0.354 e. The van der Waals surface area contributed by atoms with E-state index in [0.717, 1.165) is 5.56 Å². The van der Waals surface area contributed by atoms with Gasteiger partial charge in [0, 0.05) is 12.1 Å². The van der Waals surface area contributed by atoms with Gasteiger partial charge in [0.1, 0.15) is 5.69 Å². The topological polar surface area (TPSA) is 82.2 Å². The molecule has 0 aliphatic carbocycles. The predicted octanol–water partition coefficient (Wildman–Crippen LogP) is 2.59. The molecule has 5 heteroatoms. The number of hydrogen-bond acceptors (Lipinski definition) is 2.